The molecule has 1 amide bonds. The van der Waals surface area contributed by atoms with Crippen LogP contribution in [0, 0.1) is 11.3 Å². The Morgan fingerprint density at radius 3 is 2.89 bits per heavy atom. The molecule has 11 heteroatoms. The highest BCUT2D eigenvalue weighted by atomic mass is 19.1. The second kappa shape index (κ2) is 11.7. The lowest BCUT2D eigenvalue weighted by atomic mass is 9.89. The van der Waals surface area contributed by atoms with Gasteiger partial charge in [-0.15, -0.1) is 0 Å². The number of halogens is 1. The molecule has 0 aromatic carbocycles. The van der Waals surface area contributed by atoms with Crippen LogP contribution in [0.25, 0.3) is 22.3 Å². The Hall–Kier alpha value is -4.17. The van der Waals surface area contributed by atoms with E-state index in [0.29, 0.717) is 50.7 Å². The number of carbonyl (C=O) groups excluding carboxylic acids is 1. The molecule has 228 valence electrons. The maximum Gasteiger partial charge on any atom is 0.320 e. The van der Waals surface area contributed by atoms with Gasteiger partial charge in [-0.1, -0.05) is 6.58 Å². The molecule has 3 fully saturated rings. The van der Waals surface area contributed by atoms with Crippen LogP contribution in [-0.2, 0) is 17.6 Å². The normalized spacial score (nSPS) is 25.0. The summed E-state index contributed by atoms with van der Waals surface area (Å²) in [5.74, 6) is 0.470. The minimum absolute atomic E-state index is 0.185. The van der Waals surface area contributed by atoms with E-state index in [1.165, 1.54) is 23.6 Å². The molecular formula is C33H37FN8O2. The number of piperazine rings is 1. The van der Waals surface area contributed by atoms with Crippen molar-refractivity contribution in [3.63, 3.8) is 0 Å². The van der Waals surface area contributed by atoms with Gasteiger partial charge in [-0.05, 0) is 74.4 Å². The first-order valence-corrected chi connectivity index (χ1v) is 15.7. The SMILES string of the molecule is C=CC(=O)N1CCN(c2nc(OCC34CCCN3C[C@H](F)C4)nc3nc(-c4cncc5c4CCCC5)ccc23)C[C@@H]1CC#N. The third-order valence-corrected chi connectivity index (χ3v) is 9.86. The molecule has 1 aliphatic carbocycles. The summed E-state index contributed by atoms with van der Waals surface area (Å²) >= 11 is 0. The third kappa shape index (κ3) is 5.15. The molecule has 3 aromatic heterocycles. The lowest BCUT2D eigenvalue weighted by Crippen LogP contribution is -2.55. The molecule has 0 radical (unpaired) electrons. The van der Waals surface area contributed by atoms with Crippen molar-refractivity contribution in [2.45, 2.75) is 69.1 Å². The topological polar surface area (TPSA) is 111 Å². The Balaban J connectivity index is 1.27. The van der Waals surface area contributed by atoms with Gasteiger partial charge >= 0.3 is 6.01 Å². The van der Waals surface area contributed by atoms with Crippen molar-refractivity contribution in [3.8, 4) is 23.3 Å². The zero-order chi connectivity index (χ0) is 30.3. The van der Waals surface area contributed by atoms with Gasteiger partial charge < -0.3 is 14.5 Å². The van der Waals surface area contributed by atoms with Gasteiger partial charge in [-0.25, -0.2) is 9.37 Å². The largest absolute Gasteiger partial charge is 0.461 e. The lowest BCUT2D eigenvalue weighted by molar-refractivity contribution is -0.128. The highest BCUT2D eigenvalue weighted by molar-refractivity contribution is 5.90. The Morgan fingerprint density at radius 2 is 2.02 bits per heavy atom. The molecule has 0 bridgehead atoms. The molecule has 44 heavy (non-hydrogen) atoms. The number of anilines is 1. The van der Waals surface area contributed by atoms with Crippen molar-refractivity contribution in [1.82, 2.24) is 29.7 Å². The number of aromatic nitrogens is 4. The van der Waals surface area contributed by atoms with E-state index in [-0.39, 0.29) is 29.9 Å². The summed E-state index contributed by atoms with van der Waals surface area (Å²) in [4.78, 5) is 37.8. The van der Waals surface area contributed by atoms with Crippen molar-refractivity contribution in [1.29, 1.82) is 5.26 Å². The van der Waals surface area contributed by atoms with Crippen LogP contribution in [0.4, 0.5) is 10.2 Å². The van der Waals surface area contributed by atoms with E-state index in [9.17, 15) is 14.4 Å². The number of rotatable bonds is 7. The first-order chi connectivity index (χ1) is 21.5. The highest BCUT2D eigenvalue weighted by Gasteiger charge is 2.49. The number of aryl methyl sites for hydroxylation is 1. The molecule has 1 unspecified atom stereocenters. The predicted molar refractivity (Wildman–Crippen MR) is 164 cm³/mol. The molecule has 0 saturated carbocycles. The van der Waals surface area contributed by atoms with Crippen molar-refractivity contribution >= 4 is 22.8 Å². The Morgan fingerprint density at radius 1 is 1.14 bits per heavy atom. The molecule has 4 aliphatic rings. The number of hydrogen-bond donors (Lipinski definition) is 0. The zero-order valence-electron chi connectivity index (χ0n) is 24.9. The molecule has 0 spiro atoms. The summed E-state index contributed by atoms with van der Waals surface area (Å²) in [7, 11) is 0. The highest BCUT2D eigenvalue weighted by Crippen LogP contribution is 2.41. The molecule has 7 rings (SSSR count). The summed E-state index contributed by atoms with van der Waals surface area (Å²) in [5.41, 5.74) is 4.58. The quantitative estimate of drug-likeness (QED) is 0.373. The van der Waals surface area contributed by atoms with Gasteiger partial charge in [0, 0.05) is 50.6 Å². The minimum atomic E-state index is -0.853. The van der Waals surface area contributed by atoms with Gasteiger partial charge in [0.15, 0.2) is 5.65 Å². The van der Waals surface area contributed by atoms with E-state index in [2.05, 4.69) is 27.4 Å². The summed E-state index contributed by atoms with van der Waals surface area (Å²) in [5, 5.41) is 10.3. The number of amides is 1. The second-order valence-corrected chi connectivity index (χ2v) is 12.5. The van der Waals surface area contributed by atoms with Crippen molar-refractivity contribution in [2.24, 2.45) is 0 Å². The monoisotopic (exact) mass is 596 g/mol. The average molecular weight is 597 g/mol. The molecule has 3 aliphatic heterocycles. The van der Waals surface area contributed by atoms with Gasteiger partial charge in [0.1, 0.15) is 18.6 Å². The van der Waals surface area contributed by atoms with Crippen LogP contribution in [0.5, 0.6) is 6.01 Å². The molecule has 3 saturated heterocycles. The fourth-order valence-electron chi connectivity index (χ4n) is 7.69. The van der Waals surface area contributed by atoms with Crippen LogP contribution in [0.3, 0.4) is 0 Å². The number of pyridine rings is 2. The van der Waals surface area contributed by atoms with Gasteiger partial charge in [0.2, 0.25) is 5.91 Å². The van der Waals surface area contributed by atoms with Crippen LogP contribution in [-0.4, -0.2) is 92.7 Å². The Kier molecular flexibility index (Phi) is 7.62. The summed E-state index contributed by atoms with van der Waals surface area (Å²) < 4.78 is 20.8. The zero-order valence-corrected chi connectivity index (χ0v) is 24.9. The summed E-state index contributed by atoms with van der Waals surface area (Å²) in [6.45, 7) is 6.65. The maximum atomic E-state index is 14.5. The van der Waals surface area contributed by atoms with Crippen LogP contribution >= 0.6 is 0 Å². The Bertz CT molecular complexity index is 1640. The molecular weight excluding hydrogens is 559 g/mol. The van der Waals surface area contributed by atoms with E-state index in [1.54, 1.807) is 4.90 Å². The smallest absolute Gasteiger partial charge is 0.320 e. The fourth-order valence-corrected chi connectivity index (χ4v) is 7.69. The van der Waals surface area contributed by atoms with E-state index in [4.69, 9.17) is 19.7 Å². The van der Waals surface area contributed by atoms with Crippen molar-refractivity contribution < 1.29 is 13.9 Å². The molecule has 3 aromatic rings. The number of carbonyl (C=O) groups is 1. The van der Waals surface area contributed by atoms with Gasteiger partial charge in [0.05, 0.1) is 35.2 Å². The van der Waals surface area contributed by atoms with Crippen molar-refractivity contribution in [2.75, 3.05) is 44.2 Å². The molecule has 3 atom stereocenters. The molecule has 10 nitrogen and oxygen atoms in total. The number of ether oxygens (including phenoxy) is 1. The van der Waals surface area contributed by atoms with Crippen molar-refractivity contribution in [3.05, 3.63) is 48.3 Å². The van der Waals surface area contributed by atoms with E-state index >= 15 is 0 Å². The van der Waals surface area contributed by atoms with Crippen LogP contribution in [0.2, 0.25) is 0 Å². The number of hydrogen-bond acceptors (Lipinski definition) is 9. The van der Waals surface area contributed by atoms with E-state index < -0.39 is 6.17 Å². The van der Waals surface area contributed by atoms with E-state index in [1.807, 2.05) is 24.5 Å². The number of fused-ring (bicyclic) bond motifs is 3. The van der Waals surface area contributed by atoms with Crippen LogP contribution in [0.1, 0.15) is 49.7 Å². The third-order valence-electron chi connectivity index (χ3n) is 9.86. The van der Waals surface area contributed by atoms with Gasteiger partial charge in [0.25, 0.3) is 0 Å². The minimum Gasteiger partial charge on any atom is -0.461 e. The average Bonchev–Trinajstić information content (AvgIpc) is 3.58. The second-order valence-electron chi connectivity index (χ2n) is 12.5. The first kappa shape index (κ1) is 28.6. The summed E-state index contributed by atoms with van der Waals surface area (Å²) in [6.07, 6.45) is 11.2. The maximum absolute atomic E-state index is 14.5. The first-order valence-electron chi connectivity index (χ1n) is 15.7. The van der Waals surface area contributed by atoms with E-state index in [0.717, 1.165) is 55.3 Å². The van der Waals surface area contributed by atoms with Crippen LogP contribution < -0.4 is 9.64 Å². The number of alkyl halides is 1. The number of nitriles is 1. The van der Waals surface area contributed by atoms with Crippen LogP contribution in [0.15, 0.2) is 37.2 Å². The Labute approximate surface area is 256 Å². The summed E-state index contributed by atoms with van der Waals surface area (Å²) in [6, 6.07) is 6.12. The number of nitrogens with zero attached hydrogens (tertiary/aromatic N) is 8. The standard InChI is InChI=1S/C33H37FN8O2/c1-2-29(43)42-15-14-40(20-24(42)10-12-35)31-26-8-9-28(27-18-36-17-22-6-3-4-7-25(22)27)37-30(26)38-32(39-31)44-21-33-11-5-13-41(33)19-23(34)16-33/h2,8-9,17-18,23-24H,1,3-7,10-11,13-16,19-21H2/t23-,24+,33?/m1/s1. The predicted octanol–water partition coefficient (Wildman–Crippen LogP) is 4.04. The fraction of sp³-hybridized carbons (Fsp3) is 0.515. The van der Waals surface area contributed by atoms with Gasteiger partial charge in [-0.2, -0.15) is 15.2 Å². The lowest BCUT2D eigenvalue weighted by Gasteiger charge is -2.41. The molecule has 6 heterocycles. The molecule has 0 N–H and O–H groups in total. The van der Waals surface area contributed by atoms with Gasteiger partial charge in [-0.3, -0.25) is 14.7 Å².